The first-order chi connectivity index (χ1) is 8.27. The van der Waals surface area contributed by atoms with Gasteiger partial charge in [0, 0.05) is 0 Å². The van der Waals surface area contributed by atoms with E-state index in [0.29, 0.717) is 5.56 Å². The summed E-state index contributed by atoms with van der Waals surface area (Å²) in [5, 5.41) is -0.323. The minimum atomic E-state index is -4.27. The first kappa shape index (κ1) is 15.1. The Kier molecular flexibility index (Phi) is 4.88. The van der Waals surface area contributed by atoms with Crippen LogP contribution in [-0.4, -0.2) is 7.28 Å². The summed E-state index contributed by atoms with van der Waals surface area (Å²) in [6.07, 6.45) is -1.17. The van der Waals surface area contributed by atoms with Crippen LogP contribution in [0.15, 0.2) is 24.3 Å². The molecule has 0 atom stereocenters. The number of hydrogen-bond donors (Lipinski definition) is 0. The number of alkyl halides is 3. The molecule has 0 nitrogen and oxygen atoms in total. The summed E-state index contributed by atoms with van der Waals surface area (Å²) in [6.45, 7) is 6.02. The fourth-order valence-corrected chi connectivity index (χ4v) is 1.88. The van der Waals surface area contributed by atoms with E-state index in [1.54, 1.807) is 6.07 Å². The molecule has 0 saturated carbocycles. The quantitative estimate of drug-likeness (QED) is 0.520. The number of benzene rings is 1. The summed E-state index contributed by atoms with van der Waals surface area (Å²) in [5.41, 5.74) is 0.144. The van der Waals surface area contributed by atoms with Gasteiger partial charge >= 0.3 is 6.18 Å². The molecule has 0 aromatic heterocycles. The third kappa shape index (κ3) is 4.07. The fraction of sp³-hybridized carbons (Fsp3) is 0.571. The normalized spacial score (nSPS) is 12.6. The first-order valence-corrected chi connectivity index (χ1v) is 6.29. The van der Waals surface area contributed by atoms with E-state index in [9.17, 15) is 13.2 Å². The van der Waals surface area contributed by atoms with E-state index >= 15 is 0 Å². The topological polar surface area (TPSA) is 0 Å². The Bertz CT molecular complexity index is 383. The number of hydrogen-bond acceptors (Lipinski definition) is 0. The van der Waals surface area contributed by atoms with E-state index in [1.807, 2.05) is 13.8 Å². The average molecular weight is 255 g/mol. The minimum Gasteiger partial charge on any atom is -0.166 e. The molecule has 0 heterocycles. The van der Waals surface area contributed by atoms with E-state index in [1.165, 1.54) is 12.1 Å². The highest BCUT2D eigenvalue weighted by Crippen LogP contribution is 2.32. The Balaban J connectivity index is 2.88. The van der Waals surface area contributed by atoms with Crippen molar-refractivity contribution in [1.29, 1.82) is 0 Å². The van der Waals surface area contributed by atoms with Gasteiger partial charge in [-0.2, -0.15) is 13.2 Å². The molecule has 0 saturated heterocycles. The molecule has 0 amide bonds. The van der Waals surface area contributed by atoms with Crippen LogP contribution in [0.3, 0.4) is 0 Å². The van der Waals surface area contributed by atoms with Gasteiger partial charge in [-0.15, -0.1) is 0 Å². The Labute approximate surface area is 108 Å². The van der Waals surface area contributed by atoms with Crippen LogP contribution in [0.1, 0.15) is 44.7 Å². The van der Waals surface area contributed by atoms with Gasteiger partial charge in [0.2, 0.25) is 0 Å². The second kappa shape index (κ2) is 5.81. The van der Waals surface area contributed by atoms with Gasteiger partial charge in [0.05, 0.1) is 5.56 Å². The largest absolute Gasteiger partial charge is 0.416 e. The molecule has 1 aromatic rings. The molecule has 0 aliphatic carbocycles. The molecule has 0 spiro atoms. The smallest absolute Gasteiger partial charge is 0.166 e. The van der Waals surface area contributed by atoms with Gasteiger partial charge in [0.15, 0.2) is 0 Å². The monoisotopic (exact) mass is 255 g/mol. The highest BCUT2D eigenvalue weighted by Gasteiger charge is 2.32. The van der Waals surface area contributed by atoms with Crippen LogP contribution in [0, 0.1) is 0 Å². The van der Waals surface area contributed by atoms with Gasteiger partial charge in [0.25, 0.3) is 0 Å². The van der Waals surface area contributed by atoms with Gasteiger partial charge in [-0.1, -0.05) is 58.1 Å². The van der Waals surface area contributed by atoms with Gasteiger partial charge in [-0.25, -0.2) is 0 Å². The van der Waals surface area contributed by atoms with Crippen molar-refractivity contribution in [2.75, 3.05) is 0 Å². The van der Waals surface area contributed by atoms with Crippen LogP contribution in [0.4, 0.5) is 13.2 Å². The summed E-state index contributed by atoms with van der Waals surface area (Å²) in [5.74, 6) is 0. The molecule has 0 fully saturated rings. The molecule has 1 aromatic carbocycles. The van der Waals surface area contributed by atoms with Gasteiger partial charge in [0.1, 0.15) is 7.28 Å². The third-order valence-electron chi connectivity index (χ3n) is 3.15. The second-order valence-corrected chi connectivity index (χ2v) is 5.15. The van der Waals surface area contributed by atoms with Crippen LogP contribution in [-0.2, 0) is 11.5 Å². The lowest BCUT2D eigenvalue weighted by Gasteiger charge is -2.25. The minimum absolute atomic E-state index is 0.323. The molecule has 0 unspecified atom stereocenters. The van der Waals surface area contributed by atoms with Crippen molar-refractivity contribution in [1.82, 2.24) is 0 Å². The lowest BCUT2D eigenvalue weighted by molar-refractivity contribution is -0.137. The highest BCUT2D eigenvalue weighted by molar-refractivity contribution is 6.39. The molecule has 1 radical (unpaired) electrons. The average Bonchev–Trinajstić information content (AvgIpc) is 2.28. The summed E-state index contributed by atoms with van der Waals surface area (Å²) in [7, 11) is 2.10. The Morgan fingerprint density at radius 2 is 1.72 bits per heavy atom. The lowest BCUT2D eigenvalue weighted by atomic mass is 9.49. The molecule has 0 N–H and O–H groups in total. The molecular formula is C14H19BF3. The van der Waals surface area contributed by atoms with Gasteiger partial charge in [-0.05, 0) is 16.9 Å². The Morgan fingerprint density at radius 3 is 2.28 bits per heavy atom. The van der Waals surface area contributed by atoms with Crippen LogP contribution >= 0.6 is 0 Å². The standard InChI is InChI=1S/C14H19BF3/c1-4-5-9-15-13(2,3)11-7-6-8-12(10-11)14(16,17)18/h6-8,10H,4-5,9H2,1-3H3. The predicted octanol–water partition coefficient (Wildman–Crippen LogP) is 4.86. The lowest BCUT2D eigenvalue weighted by Crippen LogP contribution is -2.26. The maximum Gasteiger partial charge on any atom is 0.416 e. The van der Waals surface area contributed by atoms with Crippen LogP contribution in [0.5, 0.6) is 0 Å². The predicted molar refractivity (Wildman–Crippen MR) is 69.9 cm³/mol. The summed E-state index contributed by atoms with van der Waals surface area (Å²) in [6, 6.07) is 5.61. The van der Waals surface area contributed by atoms with E-state index < -0.39 is 11.7 Å². The zero-order chi connectivity index (χ0) is 13.8. The van der Waals surface area contributed by atoms with Gasteiger partial charge < -0.3 is 0 Å². The summed E-state index contributed by atoms with van der Waals surface area (Å²) in [4.78, 5) is 0. The Hall–Kier alpha value is -0.925. The molecule has 0 aliphatic heterocycles. The number of unbranched alkanes of at least 4 members (excludes halogenated alkanes) is 1. The zero-order valence-corrected chi connectivity index (χ0v) is 11.1. The highest BCUT2D eigenvalue weighted by atomic mass is 19.4. The fourth-order valence-electron chi connectivity index (χ4n) is 1.88. The van der Waals surface area contributed by atoms with Crippen molar-refractivity contribution in [2.45, 2.75) is 51.4 Å². The Morgan fingerprint density at radius 1 is 1.11 bits per heavy atom. The second-order valence-electron chi connectivity index (χ2n) is 5.15. The van der Waals surface area contributed by atoms with E-state index in [0.717, 1.165) is 25.2 Å². The zero-order valence-electron chi connectivity index (χ0n) is 11.1. The van der Waals surface area contributed by atoms with Crippen molar-refractivity contribution in [3.63, 3.8) is 0 Å². The van der Waals surface area contributed by atoms with Crippen molar-refractivity contribution in [2.24, 2.45) is 0 Å². The molecule has 0 aliphatic rings. The molecule has 18 heavy (non-hydrogen) atoms. The van der Waals surface area contributed by atoms with E-state index in [4.69, 9.17) is 0 Å². The first-order valence-electron chi connectivity index (χ1n) is 6.29. The van der Waals surface area contributed by atoms with Crippen LogP contribution in [0.25, 0.3) is 0 Å². The van der Waals surface area contributed by atoms with Gasteiger partial charge in [-0.3, -0.25) is 0 Å². The van der Waals surface area contributed by atoms with Crippen LogP contribution in [0.2, 0.25) is 6.32 Å². The van der Waals surface area contributed by atoms with Crippen LogP contribution < -0.4 is 0 Å². The van der Waals surface area contributed by atoms with E-state index in [-0.39, 0.29) is 5.31 Å². The summed E-state index contributed by atoms with van der Waals surface area (Å²) >= 11 is 0. The SMILES string of the molecule is CCCC[B]C(C)(C)c1cccc(C(F)(F)F)c1. The molecule has 1 rings (SSSR count). The molecular weight excluding hydrogens is 236 g/mol. The van der Waals surface area contributed by atoms with Crippen molar-refractivity contribution < 1.29 is 13.2 Å². The third-order valence-corrected chi connectivity index (χ3v) is 3.15. The summed E-state index contributed by atoms with van der Waals surface area (Å²) < 4.78 is 38.0. The maximum atomic E-state index is 12.7. The number of halogens is 3. The maximum absolute atomic E-state index is 12.7. The van der Waals surface area contributed by atoms with E-state index in [2.05, 4.69) is 14.2 Å². The van der Waals surface area contributed by atoms with Crippen molar-refractivity contribution in [3.05, 3.63) is 35.4 Å². The molecule has 99 valence electrons. The van der Waals surface area contributed by atoms with Crippen molar-refractivity contribution >= 4 is 7.28 Å². The van der Waals surface area contributed by atoms with Crippen molar-refractivity contribution in [3.8, 4) is 0 Å². The molecule has 0 bridgehead atoms. The number of rotatable bonds is 5. The molecule has 4 heteroatoms.